The third-order valence-electron chi connectivity index (χ3n) is 3.29. The molecule has 1 aromatic rings. The van der Waals surface area contributed by atoms with Crippen LogP contribution in [0.15, 0.2) is 12.1 Å². The summed E-state index contributed by atoms with van der Waals surface area (Å²) in [5.74, 6) is -2.54. The maximum absolute atomic E-state index is 13.8. The van der Waals surface area contributed by atoms with Crippen molar-refractivity contribution >= 4 is 11.6 Å². The number of halogens is 2. The Bertz CT molecular complexity index is 479. The molecule has 1 fully saturated rings. The predicted molar refractivity (Wildman–Crippen MR) is 63.8 cm³/mol. The summed E-state index contributed by atoms with van der Waals surface area (Å²) in [5, 5.41) is 0. The monoisotopic (exact) mass is 255 g/mol. The lowest BCUT2D eigenvalue weighted by molar-refractivity contribution is -0.121. The standard InChI is InChI=1S/C12H15F2N3O/c13-10-7(5-15)1-2-9(11(10)14)17-4-3-8(6-17)12(16)18/h1-2,8H,3-6,15H2,(H2,16,18). The van der Waals surface area contributed by atoms with E-state index in [2.05, 4.69) is 0 Å². The molecule has 1 unspecified atom stereocenters. The highest BCUT2D eigenvalue weighted by molar-refractivity contribution is 5.78. The molecule has 0 bridgehead atoms. The number of carbonyl (C=O) groups is 1. The van der Waals surface area contributed by atoms with Crippen LogP contribution < -0.4 is 16.4 Å². The zero-order chi connectivity index (χ0) is 13.3. The molecule has 0 aromatic heterocycles. The molecule has 0 aliphatic carbocycles. The van der Waals surface area contributed by atoms with Crippen molar-refractivity contribution in [2.45, 2.75) is 13.0 Å². The Labute approximate surface area is 104 Å². The number of hydrogen-bond donors (Lipinski definition) is 2. The molecule has 1 aliphatic heterocycles. The van der Waals surface area contributed by atoms with Crippen molar-refractivity contribution in [3.63, 3.8) is 0 Å². The average molecular weight is 255 g/mol. The molecule has 0 spiro atoms. The second-order valence-electron chi connectivity index (χ2n) is 4.41. The molecule has 1 aromatic carbocycles. The van der Waals surface area contributed by atoms with Gasteiger partial charge in [-0.25, -0.2) is 8.78 Å². The van der Waals surface area contributed by atoms with Gasteiger partial charge in [0.1, 0.15) is 0 Å². The summed E-state index contributed by atoms with van der Waals surface area (Å²) in [6, 6.07) is 2.95. The van der Waals surface area contributed by atoms with Crippen LogP contribution in [0.2, 0.25) is 0 Å². The van der Waals surface area contributed by atoms with Crippen molar-refractivity contribution in [3.05, 3.63) is 29.3 Å². The average Bonchev–Trinajstić information content (AvgIpc) is 2.82. The van der Waals surface area contributed by atoms with Crippen molar-refractivity contribution in [1.82, 2.24) is 0 Å². The molecule has 4 nitrogen and oxygen atoms in total. The van der Waals surface area contributed by atoms with E-state index in [0.717, 1.165) is 0 Å². The quantitative estimate of drug-likeness (QED) is 0.836. The lowest BCUT2D eigenvalue weighted by Gasteiger charge is -2.19. The van der Waals surface area contributed by atoms with Gasteiger partial charge in [0.05, 0.1) is 11.6 Å². The fourth-order valence-electron chi connectivity index (χ4n) is 2.19. The first-order valence-corrected chi connectivity index (χ1v) is 5.75. The molecule has 2 rings (SSSR count). The Kier molecular flexibility index (Phi) is 3.47. The highest BCUT2D eigenvalue weighted by atomic mass is 19.2. The number of amides is 1. The molecule has 0 saturated carbocycles. The molecule has 1 amide bonds. The van der Waals surface area contributed by atoms with E-state index in [1.807, 2.05) is 0 Å². The SMILES string of the molecule is NCc1ccc(N2CCC(C(N)=O)C2)c(F)c1F. The van der Waals surface area contributed by atoms with Crippen LogP contribution in [-0.4, -0.2) is 19.0 Å². The summed E-state index contributed by atoms with van der Waals surface area (Å²) in [6.45, 7) is 0.770. The Morgan fingerprint density at radius 2 is 2.11 bits per heavy atom. The summed E-state index contributed by atoms with van der Waals surface area (Å²) in [5.41, 5.74) is 10.8. The van der Waals surface area contributed by atoms with Gasteiger partial charge in [-0.15, -0.1) is 0 Å². The zero-order valence-corrected chi connectivity index (χ0v) is 9.83. The van der Waals surface area contributed by atoms with Gasteiger partial charge in [-0.1, -0.05) is 6.07 Å². The lowest BCUT2D eigenvalue weighted by atomic mass is 10.1. The fraction of sp³-hybridized carbons (Fsp3) is 0.417. The summed E-state index contributed by atoms with van der Waals surface area (Å²) < 4.78 is 27.4. The van der Waals surface area contributed by atoms with Crippen molar-refractivity contribution < 1.29 is 13.6 Å². The molecule has 4 N–H and O–H groups in total. The highest BCUT2D eigenvalue weighted by Gasteiger charge is 2.29. The van der Waals surface area contributed by atoms with Crippen LogP contribution in [-0.2, 0) is 11.3 Å². The van der Waals surface area contributed by atoms with Crippen molar-refractivity contribution in [2.75, 3.05) is 18.0 Å². The normalized spacial score (nSPS) is 19.3. The third kappa shape index (κ3) is 2.15. The van der Waals surface area contributed by atoms with Gasteiger partial charge in [-0.05, 0) is 12.5 Å². The predicted octanol–water partition coefficient (Wildman–Crippen LogP) is 0.735. The second-order valence-corrected chi connectivity index (χ2v) is 4.41. The van der Waals surface area contributed by atoms with E-state index < -0.39 is 17.5 Å². The second kappa shape index (κ2) is 4.89. The molecule has 1 heterocycles. The molecule has 1 saturated heterocycles. The van der Waals surface area contributed by atoms with Gasteiger partial charge in [0.25, 0.3) is 0 Å². The minimum Gasteiger partial charge on any atom is -0.369 e. The van der Waals surface area contributed by atoms with Gasteiger partial charge in [0.2, 0.25) is 5.91 Å². The molecule has 0 radical (unpaired) electrons. The number of nitrogens with zero attached hydrogens (tertiary/aromatic N) is 1. The number of nitrogens with two attached hydrogens (primary N) is 2. The number of benzene rings is 1. The molecular formula is C12H15F2N3O. The van der Waals surface area contributed by atoms with E-state index in [4.69, 9.17) is 11.5 Å². The molecule has 6 heteroatoms. The Morgan fingerprint density at radius 1 is 1.39 bits per heavy atom. The summed E-state index contributed by atoms with van der Waals surface area (Å²) in [6.07, 6.45) is 0.565. The van der Waals surface area contributed by atoms with Gasteiger partial charge >= 0.3 is 0 Å². The van der Waals surface area contributed by atoms with E-state index in [1.165, 1.54) is 12.1 Å². The number of rotatable bonds is 3. The van der Waals surface area contributed by atoms with Gasteiger partial charge in [0.15, 0.2) is 11.6 Å². The molecule has 1 aliphatic rings. The van der Waals surface area contributed by atoms with E-state index in [9.17, 15) is 13.6 Å². The minimum absolute atomic E-state index is 0.0487. The number of hydrogen-bond acceptors (Lipinski definition) is 3. The van der Waals surface area contributed by atoms with Crippen molar-refractivity contribution in [1.29, 1.82) is 0 Å². The van der Waals surface area contributed by atoms with Gasteiger partial charge in [-0.3, -0.25) is 4.79 Å². The fourth-order valence-corrected chi connectivity index (χ4v) is 2.19. The van der Waals surface area contributed by atoms with Crippen LogP contribution in [0.3, 0.4) is 0 Å². The van der Waals surface area contributed by atoms with Gasteiger partial charge in [0, 0.05) is 25.2 Å². The van der Waals surface area contributed by atoms with E-state index in [0.29, 0.717) is 19.5 Å². The minimum atomic E-state index is -0.919. The lowest BCUT2D eigenvalue weighted by Crippen LogP contribution is -2.28. The van der Waals surface area contributed by atoms with Crippen LogP contribution in [0.4, 0.5) is 14.5 Å². The van der Waals surface area contributed by atoms with E-state index in [1.54, 1.807) is 4.90 Å². The number of carbonyl (C=O) groups excluding carboxylic acids is 1. The van der Waals surface area contributed by atoms with Crippen molar-refractivity contribution in [3.8, 4) is 0 Å². The van der Waals surface area contributed by atoms with Crippen LogP contribution in [0.1, 0.15) is 12.0 Å². The van der Waals surface area contributed by atoms with Crippen molar-refractivity contribution in [2.24, 2.45) is 17.4 Å². The molecular weight excluding hydrogens is 240 g/mol. The van der Waals surface area contributed by atoms with Gasteiger partial charge < -0.3 is 16.4 Å². The Balaban J connectivity index is 2.25. The molecule has 1 atom stereocenters. The molecule has 98 valence electrons. The van der Waals surface area contributed by atoms with E-state index >= 15 is 0 Å². The highest BCUT2D eigenvalue weighted by Crippen LogP contribution is 2.28. The number of anilines is 1. The summed E-state index contributed by atoms with van der Waals surface area (Å²) >= 11 is 0. The largest absolute Gasteiger partial charge is 0.369 e. The first kappa shape index (κ1) is 12.8. The Hall–Kier alpha value is -1.69. The van der Waals surface area contributed by atoms with Crippen LogP contribution in [0.5, 0.6) is 0 Å². The summed E-state index contributed by atoms with van der Waals surface area (Å²) in [4.78, 5) is 12.7. The van der Waals surface area contributed by atoms with Crippen LogP contribution in [0.25, 0.3) is 0 Å². The zero-order valence-electron chi connectivity index (χ0n) is 9.83. The maximum atomic E-state index is 13.8. The van der Waals surface area contributed by atoms with Crippen LogP contribution >= 0.6 is 0 Å². The first-order valence-electron chi connectivity index (χ1n) is 5.75. The topological polar surface area (TPSA) is 72.3 Å². The maximum Gasteiger partial charge on any atom is 0.222 e. The van der Waals surface area contributed by atoms with E-state index in [-0.39, 0.29) is 23.7 Å². The molecule has 18 heavy (non-hydrogen) atoms. The smallest absolute Gasteiger partial charge is 0.222 e. The van der Waals surface area contributed by atoms with Gasteiger partial charge in [-0.2, -0.15) is 0 Å². The summed E-state index contributed by atoms with van der Waals surface area (Å²) in [7, 11) is 0. The number of primary amides is 1. The first-order chi connectivity index (χ1) is 8.54. The van der Waals surface area contributed by atoms with Crippen LogP contribution in [0, 0.1) is 17.6 Å². The third-order valence-corrected chi connectivity index (χ3v) is 3.29. The Morgan fingerprint density at radius 3 is 2.67 bits per heavy atom.